The molecule has 0 amide bonds. The van der Waals surface area contributed by atoms with Gasteiger partial charge >= 0.3 is 12.4 Å². The molecule has 0 bridgehead atoms. The lowest BCUT2D eigenvalue weighted by atomic mass is 9.91. The van der Waals surface area contributed by atoms with Gasteiger partial charge in [-0.05, 0) is 57.3 Å². The quantitative estimate of drug-likeness (QED) is 0.173. The highest BCUT2D eigenvalue weighted by Gasteiger charge is 2.39. The highest BCUT2D eigenvalue weighted by atomic mass is 19.4. The number of hydrogen-bond acceptors (Lipinski definition) is 2. The molecule has 2 nitrogen and oxygen atoms in total. The van der Waals surface area contributed by atoms with Crippen molar-refractivity contribution in [1.29, 1.82) is 0 Å². The van der Waals surface area contributed by atoms with Gasteiger partial charge in [0, 0.05) is 39.6 Å². The Kier molecular flexibility index (Phi) is 8.00. The molecule has 0 aliphatic heterocycles. The Morgan fingerprint density at radius 3 is 1.05 bits per heavy atom. The van der Waals surface area contributed by atoms with E-state index in [1.54, 1.807) is 24.3 Å². The molecule has 0 aromatic heterocycles. The summed E-state index contributed by atoms with van der Waals surface area (Å²) >= 11 is 0. The third kappa shape index (κ3) is 6.33. The standard InChI is InChI=1S/C32H28F6N2/c1-39(2)25-15-7-21(8-16-25)5-11-23-13-19-28-27(29(23)31(33,34)35)20-14-24(30(28)32(36,37)38)12-6-22-9-17-26(18-10-22)40(3)4/h5-20H,1-4H3. The minimum absolute atomic E-state index is 0.214. The van der Waals surface area contributed by atoms with Crippen molar-refractivity contribution in [1.82, 2.24) is 0 Å². The molecule has 40 heavy (non-hydrogen) atoms. The third-order valence-electron chi connectivity index (χ3n) is 6.56. The molecule has 0 fully saturated rings. The van der Waals surface area contributed by atoms with Crippen molar-refractivity contribution in [2.75, 3.05) is 38.0 Å². The number of hydrogen-bond donors (Lipinski definition) is 0. The van der Waals surface area contributed by atoms with Gasteiger partial charge in [0.15, 0.2) is 0 Å². The van der Waals surface area contributed by atoms with E-state index >= 15 is 0 Å². The zero-order valence-corrected chi connectivity index (χ0v) is 22.4. The molecular weight excluding hydrogens is 526 g/mol. The van der Waals surface area contributed by atoms with Crippen molar-refractivity contribution in [2.45, 2.75) is 12.4 Å². The summed E-state index contributed by atoms with van der Waals surface area (Å²) in [7, 11) is 7.48. The third-order valence-corrected chi connectivity index (χ3v) is 6.56. The van der Waals surface area contributed by atoms with Crippen molar-refractivity contribution in [3.8, 4) is 0 Å². The highest BCUT2D eigenvalue weighted by Crippen LogP contribution is 2.44. The lowest BCUT2D eigenvalue weighted by Crippen LogP contribution is -2.12. The number of halogens is 6. The molecule has 0 unspecified atom stereocenters. The van der Waals surface area contributed by atoms with E-state index in [0.29, 0.717) is 11.1 Å². The lowest BCUT2D eigenvalue weighted by molar-refractivity contribution is -0.138. The van der Waals surface area contributed by atoms with Crippen LogP contribution >= 0.6 is 0 Å². The normalized spacial score (nSPS) is 12.6. The van der Waals surface area contributed by atoms with Crippen LogP contribution in [-0.4, -0.2) is 28.2 Å². The SMILES string of the molecule is CN(C)c1ccc(C=Cc2ccc3c(C(F)(F)F)c(C=Cc4ccc(N(C)C)cc4)ccc3c2C(F)(F)F)cc1. The van der Waals surface area contributed by atoms with Gasteiger partial charge in [0.05, 0.1) is 11.1 Å². The number of benzene rings is 4. The van der Waals surface area contributed by atoms with Crippen molar-refractivity contribution in [3.05, 3.63) is 106 Å². The van der Waals surface area contributed by atoms with Crippen LogP contribution in [-0.2, 0) is 12.4 Å². The molecule has 208 valence electrons. The van der Waals surface area contributed by atoms with Gasteiger partial charge in [-0.3, -0.25) is 0 Å². The van der Waals surface area contributed by atoms with Crippen molar-refractivity contribution < 1.29 is 26.3 Å². The minimum atomic E-state index is -4.87. The molecule has 0 spiro atoms. The second-order valence-electron chi connectivity index (χ2n) is 9.79. The first-order valence-electron chi connectivity index (χ1n) is 12.4. The van der Waals surface area contributed by atoms with Gasteiger partial charge < -0.3 is 9.80 Å². The fourth-order valence-electron chi connectivity index (χ4n) is 4.49. The van der Waals surface area contributed by atoms with E-state index in [2.05, 4.69) is 0 Å². The minimum Gasteiger partial charge on any atom is -0.378 e. The number of anilines is 2. The van der Waals surface area contributed by atoms with Crippen LogP contribution in [0.1, 0.15) is 33.4 Å². The predicted molar refractivity (Wildman–Crippen MR) is 153 cm³/mol. The van der Waals surface area contributed by atoms with E-state index < -0.39 is 34.3 Å². The molecule has 0 radical (unpaired) electrons. The van der Waals surface area contributed by atoms with Crippen LogP contribution in [0.5, 0.6) is 0 Å². The largest absolute Gasteiger partial charge is 0.417 e. The molecule has 0 aliphatic rings. The average molecular weight is 555 g/mol. The van der Waals surface area contributed by atoms with E-state index in [0.717, 1.165) is 35.6 Å². The molecule has 0 atom stereocenters. The van der Waals surface area contributed by atoms with Crippen LogP contribution in [0.4, 0.5) is 37.7 Å². The van der Waals surface area contributed by atoms with Gasteiger partial charge in [-0.2, -0.15) is 26.3 Å². The van der Waals surface area contributed by atoms with Crippen molar-refractivity contribution >= 4 is 46.5 Å². The van der Waals surface area contributed by atoms with Crippen LogP contribution in [0.3, 0.4) is 0 Å². The Balaban J connectivity index is 1.81. The second-order valence-corrected chi connectivity index (χ2v) is 9.79. The number of alkyl halides is 6. The first-order chi connectivity index (χ1) is 18.8. The molecule has 0 heterocycles. The summed E-state index contributed by atoms with van der Waals surface area (Å²) in [5, 5.41) is -1.00. The van der Waals surface area contributed by atoms with Gasteiger partial charge in [0.25, 0.3) is 0 Å². The lowest BCUT2D eigenvalue weighted by Gasteiger charge is -2.19. The molecule has 0 saturated heterocycles. The summed E-state index contributed by atoms with van der Waals surface area (Å²) in [6.07, 6.45) is -4.15. The molecule has 0 aliphatic carbocycles. The molecule has 8 heteroatoms. The van der Waals surface area contributed by atoms with Gasteiger partial charge in [0.1, 0.15) is 0 Å². The van der Waals surface area contributed by atoms with Crippen LogP contribution in [0.25, 0.3) is 35.1 Å². The summed E-state index contributed by atoms with van der Waals surface area (Å²) in [5.74, 6) is 0. The predicted octanol–water partition coefficient (Wildman–Crippen LogP) is 9.35. The Morgan fingerprint density at radius 2 is 0.775 bits per heavy atom. The fraction of sp³-hybridized carbons (Fsp3) is 0.188. The number of fused-ring (bicyclic) bond motifs is 1. The Morgan fingerprint density at radius 1 is 0.450 bits per heavy atom. The summed E-state index contributed by atoms with van der Waals surface area (Å²) in [6.45, 7) is 0. The van der Waals surface area contributed by atoms with E-state index in [1.165, 1.54) is 24.3 Å². The topological polar surface area (TPSA) is 6.48 Å². The summed E-state index contributed by atoms with van der Waals surface area (Å²) < 4.78 is 85.8. The maximum absolute atomic E-state index is 14.3. The molecule has 4 rings (SSSR count). The van der Waals surface area contributed by atoms with Gasteiger partial charge in [0.2, 0.25) is 0 Å². The number of rotatable bonds is 6. The van der Waals surface area contributed by atoms with Crippen LogP contribution < -0.4 is 9.80 Å². The van der Waals surface area contributed by atoms with Gasteiger partial charge in [-0.15, -0.1) is 0 Å². The maximum Gasteiger partial charge on any atom is 0.417 e. The molecular formula is C32H28F6N2. The van der Waals surface area contributed by atoms with Crippen molar-refractivity contribution in [2.24, 2.45) is 0 Å². The van der Waals surface area contributed by atoms with E-state index in [4.69, 9.17) is 0 Å². The summed E-state index contributed by atoms with van der Waals surface area (Å²) in [6, 6.07) is 18.8. The summed E-state index contributed by atoms with van der Waals surface area (Å²) in [4.78, 5) is 3.78. The Hall–Kier alpha value is -4.20. The Bertz CT molecular complexity index is 1420. The van der Waals surface area contributed by atoms with E-state index in [1.807, 2.05) is 62.3 Å². The van der Waals surface area contributed by atoms with Gasteiger partial charge in [-0.1, -0.05) is 72.8 Å². The molecule has 0 N–H and O–H groups in total. The first kappa shape index (κ1) is 28.8. The molecule has 0 saturated carbocycles. The molecule has 4 aromatic carbocycles. The van der Waals surface area contributed by atoms with Gasteiger partial charge in [-0.25, -0.2) is 0 Å². The smallest absolute Gasteiger partial charge is 0.378 e. The molecule has 4 aromatic rings. The fourth-order valence-corrected chi connectivity index (χ4v) is 4.49. The zero-order chi connectivity index (χ0) is 29.2. The average Bonchev–Trinajstić information content (AvgIpc) is 2.89. The van der Waals surface area contributed by atoms with Crippen LogP contribution in [0, 0.1) is 0 Å². The first-order valence-corrected chi connectivity index (χ1v) is 12.4. The monoisotopic (exact) mass is 554 g/mol. The van der Waals surface area contributed by atoms with Crippen LogP contribution in [0.2, 0.25) is 0 Å². The highest BCUT2D eigenvalue weighted by molar-refractivity contribution is 5.96. The Labute approximate surface area is 229 Å². The summed E-state index contributed by atoms with van der Waals surface area (Å²) in [5.41, 5.74) is 0.534. The van der Waals surface area contributed by atoms with E-state index in [-0.39, 0.29) is 11.1 Å². The maximum atomic E-state index is 14.3. The zero-order valence-electron chi connectivity index (χ0n) is 22.4. The van der Waals surface area contributed by atoms with Crippen molar-refractivity contribution in [3.63, 3.8) is 0 Å². The second kappa shape index (κ2) is 11.1. The number of nitrogens with zero attached hydrogens (tertiary/aromatic N) is 2. The van der Waals surface area contributed by atoms with Crippen LogP contribution in [0.15, 0.2) is 72.8 Å². The van der Waals surface area contributed by atoms with E-state index in [9.17, 15) is 26.3 Å².